The van der Waals surface area contributed by atoms with Gasteiger partial charge in [-0.15, -0.1) is 0 Å². The van der Waals surface area contributed by atoms with Crippen LogP contribution in [-0.4, -0.2) is 51.8 Å². The Kier molecular flexibility index (Phi) is 10.9. The Labute approximate surface area is 253 Å². The monoisotopic (exact) mass is 617 g/mol. The van der Waals surface area contributed by atoms with Gasteiger partial charge in [0.15, 0.2) is 5.69 Å². The molecule has 9 nitrogen and oxygen atoms in total. The standard InChI is InChI=1S/C14H17F3N4O.C12H8ClN3O.C4H10/c1-13(2)8-6-21(7-9(8)13)12(22)5-20-11-4-18-10(3-19-11)14(15,16)17;13-10-3-1-2-8-5-15-6-9(12(8)10)11(4-14)16-7-17;1-4(2)3/h3-4,8-9H,5-7H2,1-2H3,(H,19,20);1-3,5-7,11H,(H,16,17);4H,1-3H3. The fourth-order valence-electron chi connectivity index (χ4n) is 4.88. The molecule has 2 fully saturated rings. The Bertz CT molecular complexity index is 1440. The smallest absolute Gasteiger partial charge is 0.360 e. The first-order valence-corrected chi connectivity index (χ1v) is 14.1. The summed E-state index contributed by atoms with van der Waals surface area (Å²) in [5, 5.41) is 16.3. The maximum atomic E-state index is 12.4. The summed E-state index contributed by atoms with van der Waals surface area (Å²) in [4.78, 5) is 35.3. The molecule has 0 spiro atoms. The van der Waals surface area contributed by atoms with E-state index in [2.05, 4.69) is 60.2 Å². The molecular formula is C30H35ClF3N7O2. The van der Waals surface area contributed by atoms with Crippen molar-refractivity contribution in [2.45, 2.75) is 46.8 Å². The zero-order chi connectivity index (χ0) is 31.9. The summed E-state index contributed by atoms with van der Waals surface area (Å²) < 4.78 is 37.1. The fourth-order valence-corrected chi connectivity index (χ4v) is 5.17. The van der Waals surface area contributed by atoms with Crippen LogP contribution >= 0.6 is 11.6 Å². The number of halogens is 4. The van der Waals surface area contributed by atoms with Crippen molar-refractivity contribution in [2.75, 3.05) is 25.0 Å². The van der Waals surface area contributed by atoms with E-state index in [0.717, 1.165) is 36.0 Å². The van der Waals surface area contributed by atoms with Gasteiger partial charge in [-0.05, 0) is 29.2 Å². The number of pyridine rings is 1. The van der Waals surface area contributed by atoms with Gasteiger partial charge in [-0.25, -0.2) is 9.97 Å². The molecule has 43 heavy (non-hydrogen) atoms. The number of nitrogens with zero attached hydrogens (tertiary/aromatic N) is 5. The Morgan fingerprint density at radius 3 is 2.35 bits per heavy atom. The highest BCUT2D eigenvalue weighted by molar-refractivity contribution is 6.35. The van der Waals surface area contributed by atoms with Crippen molar-refractivity contribution in [3.63, 3.8) is 0 Å². The number of carbonyl (C=O) groups excluding carboxylic acids is 2. The highest BCUT2D eigenvalue weighted by atomic mass is 35.5. The largest absolute Gasteiger partial charge is 0.434 e. The zero-order valence-corrected chi connectivity index (χ0v) is 25.4. The van der Waals surface area contributed by atoms with E-state index in [4.69, 9.17) is 16.9 Å². The number of carbonyl (C=O) groups is 2. The van der Waals surface area contributed by atoms with E-state index in [9.17, 15) is 22.8 Å². The van der Waals surface area contributed by atoms with Crippen LogP contribution in [-0.2, 0) is 15.8 Å². The van der Waals surface area contributed by atoms with E-state index in [1.165, 1.54) is 0 Å². The van der Waals surface area contributed by atoms with Crippen molar-refractivity contribution >= 4 is 40.5 Å². The van der Waals surface area contributed by atoms with Crippen LogP contribution in [0.5, 0.6) is 0 Å². The third-order valence-electron chi connectivity index (χ3n) is 7.27. The number of nitrogens with one attached hydrogen (secondary N) is 2. The van der Waals surface area contributed by atoms with Gasteiger partial charge < -0.3 is 15.5 Å². The van der Waals surface area contributed by atoms with Crippen LogP contribution in [0.4, 0.5) is 19.0 Å². The summed E-state index contributed by atoms with van der Waals surface area (Å²) in [7, 11) is 0. The number of hydrogen-bond donors (Lipinski definition) is 2. The molecule has 1 saturated carbocycles. The molecule has 3 aromatic rings. The Morgan fingerprint density at radius 2 is 1.81 bits per heavy atom. The van der Waals surface area contributed by atoms with Gasteiger partial charge in [0.05, 0.1) is 25.0 Å². The second-order valence-electron chi connectivity index (χ2n) is 11.6. The normalized spacial score (nSPS) is 18.7. The lowest BCUT2D eigenvalue weighted by atomic mass is 10.0. The van der Waals surface area contributed by atoms with Crippen molar-refractivity contribution in [3.8, 4) is 6.07 Å². The first-order chi connectivity index (χ1) is 20.2. The molecule has 2 N–H and O–H groups in total. The lowest BCUT2D eigenvalue weighted by molar-refractivity contribution is -0.141. The molecule has 0 radical (unpaired) electrons. The Morgan fingerprint density at radius 1 is 1.16 bits per heavy atom. The van der Waals surface area contributed by atoms with Crippen molar-refractivity contribution in [1.29, 1.82) is 5.26 Å². The molecule has 3 unspecified atom stereocenters. The van der Waals surface area contributed by atoms with E-state index in [-0.39, 0.29) is 18.3 Å². The van der Waals surface area contributed by atoms with Crippen molar-refractivity contribution in [2.24, 2.45) is 23.2 Å². The molecule has 1 aliphatic carbocycles. The topological polar surface area (TPSA) is 124 Å². The lowest BCUT2D eigenvalue weighted by Gasteiger charge is -2.22. The quantitative estimate of drug-likeness (QED) is 0.331. The summed E-state index contributed by atoms with van der Waals surface area (Å²) in [6.07, 6.45) is 0.827. The molecular weight excluding hydrogens is 583 g/mol. The predicted octanol–water partition coefficient (Wildman–Crippen LogP) is 5.88. The highest BCUT2D eigenvalue weighted by Crippen LogP contribution is 2.61. The van der Waals surface area contributed by atoms with Gasteiger partial charge >= 0.3 is 6.18 Å². The van der Waals surface area contributed by atoms with E-state index in [0.29, 0.717) is 40.4 Å². The SMILES string of the molecule is CC(C)C.CC1(C)C2CN(C(=O)CNc3cnc(C(F)(F)F)cn3)CC21.N#CC(NC=O)c1cncc2cccc(Cl)c12. The molecule has 3 heterocycles. The number of likely N-dealkylation sites (tertiary alicyclic amines) is 1. The van der Waals surface area contributed by atoms with Crippen molar-refractivity contribution in [3.05, 3.63) is 59.3 Å². The molecule has 13 heteroatoms. The molecule has 2 aliphatic rings. The number of rotatable bonds is 6. The second-order valence-corrected chi connectivity index (χ2v) is 12.0. The molecule has 2 amide bonds. The number of benzene rings is 1. The van der Waals surface area contributed by atoms with Crippen LogP contribution in [0.25, 0.3) is 10.8 Å². The summed E-state index contributed by atoms with van der Waals surface area (Å²) in [5.41, 5.74) is -0.114. The van der Waals surface area contributed by atoms with Gasteiger partial charge in [0.25, 0.3) is 0 Å². The number of alkyl halides is 3. The molecule has 1 saturated heterocycles. The highest BCUT2D eigenvalue weighted by Gasteiger charge is 2.62. The van der Waals surface area contributed by atoms with Crippen LogP contribution in [0.3, 0.4) is 0 Å². The number of aromatic nitrogens is 3. The Hall–Kier alpha value is -3.98. The van der Waals surface area contributed by atoms with E-state index >= 15 is 0 Å². The molecule has 1 aromatic carbocycles. The summed E-state index contributed by atoms with van der Waals surface area (Å²) >= 11 is 6.11. The van der Waals surface area contributed by atoms with Gasteiger partial charge in [-0.3, -0.25) is 14.6 Å². The third-order valence-corrected chi connectivity index (χ3v) is 7.59. The number of piperidine rings is 1. The number of anilines is 1. The first-order valence-electron chi connectivity index (χ1n) is 13.7. The van der Waals surface area contributed by atoms with Crippen LogP contribution in [0.15, 0.2) is 43.0 Å². The van der Waals surface area contributed by atoms with Crippen LogP contribution in [0.1, 0.15) is 51.9 Å². The van der Waals surface area contributed by atoms with E-state index in [1.54, 1.807) is 23.4 Å². The predicted molar refractivity (Wildman–Crippen MR) is 158 cm³/mol. The first kappa shape index (κ1) is 33.5. The van der Waals surface area contributed by atoms with Crippen LogP contribution < -0.4 is 10.6 Å². The second kappa shape index (κ2) is 14.0. The molecule has 1 aliphatic heterocycles. The minimum Gasteiger partial charge on any atom is -0.360 e. The average Bonchev–Trinajstić information content (AvgIpc) is 3.26. The number of fused-ring (bicyclic) bond motifs is 2. The number of hydrogen-bond acceptors (Lipinski definition) is 7. The van der Waals surface area contributed by atoms with Gasteiger partial charge in [-0.2, -0.15) is 18.4 Å². The maximum absolute atomic E-state index is 12.4. The average molecular weight is 618 g/mol. The molecule has 0 bridgehead atoms. The van der Waals surface area contributed by atoms with Crippen LogP contribution in [0, 0.1) is 34.5 Å². The molecule has 5 rings (SSSR count). The zero-order valence-electron chi connectivity index (χ0n) is 24.6. The van der Waals surface area contributed by atoms with Gasteiger partial charge in [0, 0.05) is 46.8 Å². The Balaban J connectivity index is 0.000000215. The van der Waals surface area contributed by atoms with Gasteiger partial charge in [0.1, 0.15) is 11.9 Å². The number of nitriles is 1. The van der Waals surface area contributed by atoms with Crippen LogP contribution in [0.2, 0.25) is 5.02 Å². The minimum atomic E-state index is -4.51. The van der Waals surface area contributed by atoms with Gasteiger partial charge in [-0.1, -0.05) is 58.4 Å². The third kappa shape index (κ3) is 8.54. The fraction of sp³-hybridized carbons (Fsp3) is 0.467. The van der Waals surface area contributed by atoms with E-state index in [1.807, 2.05) is 18.2 Å². The molecule has 2 aromatic heterocycles. The maximum Gasteiger partial charge on any atom is 0.434 e. The van der Waals surface area contributed by atoms with Crippen molar-refractivity contribution in [1.82, 2.24) is 25.2 Å². The lowest BCUT2D eigenvalue weighted by Crippen LogP contribution is -2.36. The molecule has 3 atom stereocenters. The van der Waals surface area contributed by atoms with Gasteiger partial charge in [0.2, 0.25) is 12.3 Å². The number of amides is 2. The minimum absolute atomic E-state index is 0.0138. The molecule has 230 valence electrons. The summed E-state index contributed by atoms with van der Waals surface area (Å²) in [6.45, 7) is 12.5. The summed E-state index contributed by atoms with van der Waals surface area (Å²) in [6, 6.07) is 6.65. The van der Waals surface area contributed by atoms with Crippen molar-refractivity contribution < 1.29 is 22.8 Å². The summed E-state index contributed by atoms with van der Waals surface area (Å²) in [5.74, 6) is 2.07. The van der Waals surface area contributed by atoms with E-state index < -0.39 is 17.9 Å².